The van der Waals surface area contributed by atoms with Gasteiger partial charge in [-0.25, -0.2) is 4.98 Å². The second-order valence-corrected chi connectivity index (χ2v) is 13.6. The van der Waals surface area contributed by atoms with E-state index in [2.05, 4.69) is 155 Å². The molecule has 5 heteroatoms. The topological polar surface area (TPSA) is 47.3 Å². The Morgan fingerprint density at radius 2 is 1.11 bits per heavy atom. The summed E-state index contributed by atoms with van der Waals surface area (Å²) in [7, 11) is 0. The van der Waals surface area contributed by atoms with Crippen molar-refractivity contribution in [2.75, 3.05) is 4.90 Å². The summed E-state index contributed by atoms with van der Waals surface area (Å²) in [5.74, 6) is 0.587. The van der Waals surface area contributed by atoms with Crippen molar-refractivity contribution in [2.24, 2.45) is 0 Å². The Hall–Kier alpha value is -7.37. The van der Waals surface area contributed by atoms with Gasteiger partial charge in [-0.2, -0.15) is 0 Å². The molecule has 11 rings (SSSR count). The van der Waals surface area contributed by atoms with Gasteiger partial charge >= 0.3 is 0 Å². The Morgan fingerprint density at radius 1 is 0.444 bits per heavy atom. The van der Waals surface area contributed by atoms with Crippen molar-refractivity contribution in [3.8, 4) is 28.3 Å². The number of fused-ring (bicyclic) bond motifs is 8. The molecule has 0 aliphatic rings. The highest BCUT2D eigenvalue weighted by molar-refractivity contribution is 6.19. The molecule has 0 amide bonds. The molecule has 0 aliphatic heterocycles. The number of anilines is 3. The lowest BCUT2D eigenvalue weighted by Gasteiger charge is -2.27. The van der Waals surface area contributed by atoms with Crippen LogP contribution in [0.25, 0.3) is 83.1 Å². The summed E-state index contributed by atoms with van der Waals surface area (Å²) >= 11 is 0. The number of aromatic nitrogens is 2. The fourth-order valence-electron chi connectivity index (χ4n) is 8.00. The minimum absolute atomic E-state index is 0.587. The number of furan rings is 1. The first kappa shape index (κ1) is 30.3. The fraction of sp³-hybridized carbons (Fsp3) is 0. The number of hydrogen-bond acceptors (Lipinski definition) is 4. The fourth-order valence-corrected chi connectivity index (χ4v) is 8.00. The Labute approximate surface area is 310 Å². The van der Waals surface area contributed by atoms with Gasteiger partial charge in [0.25, 0.3) is 0 Å². The summed E-state index contributed by atoms with van der Waals surface area (Å²) < 4.78 is 15.4. The minimum Gasteiger partial charge on any atom is -0.456 e. The van der Waals surface area contributed by atoms with Crippen LogP contribution in [0.4, 0.5) is 17.1 Å². The van der Waals surface area contributed by atoms with Crippen LogP contribution in [-0.2, 0) is 0 Å². The molecule has 0 fully saturated rings. The third-order valence-electron chi connectivity index (χ3n) is 10.4. The van der Waals surface area contributed by atoms with E-state index in [1.807, 2.05) is 42.5 Å². The van der Waals surface area contributed by atoms with E-state index in [1.54, 1.807) is 0 Å². The smallest absolute Gasteiger partial charge is 0.227 e. The number of nitrogens with zero attached hydrogens (tertiary/aromatic N) is 3. The lowest BCUT2D eigenvalue weighted by atomic mass is 10.0. The monoisotopic (exact) mass is 693 g/mol. The molecule has 0 radical (unpaired) electrons. The lowest BCUT2D eigenvalue weighted by molar-refractivity contribution is 0.622. The number of rotatable bonds is 6. The molecule has 0 saturated carbocycles. The van der Waals surface area contributed by atoms with E-state index < -0.39 is 0 Å². The van der Waals surface area contributed by atoms with Crippen LogP contribution < -0.4 is 4.90 Å². The number of para-hydroxylation sites is 2. The maximum absolute atomic E-state index is 6.53. The predicted octanol–water partition coefficient (Wildman–Crippen LogP) is 13.6. The average molecular weight is 694 g/mol. The molecule has 0 saturated heterocycles. The van der Waals surface area contributed by atoms with Gasteiger partial charge in [-0.05, 0) is 96.1 Å². The molecule has 3 aromatic heterocycles. The Kier molecular flexibility index (Phi) is 6.79. The molecule has 54 heavy (non-hydrogen) atoms. The van der Waals surface area contributed by atoms with Crippen molar-refractivity contribution in [2.45, 2.75) is 0 Å². The van der Waals surface area contributed by atoms with Crippen LogP contribution in [0, 0.1) is 0 Å². The van der Waals surface area contributed by atoms with E-state index in [9.17, 15) is 0 Å². The van der Waals surface area contributed by atoms with Crippen LogP contribution in [0.2, 0.25) is 0 Å². The van der Waals surface area contributed by atoms with Crippen LogP contribution in [0.3, 0.4) is 0 Å². The number of oxazole rings is 1. The maximum Gasteiger partial charge on any atom is 0.227 e. The summed E-state index contributed by atoms with van der Waals surface area (Å²) in [4.78, 5) is 7.26. The quantitative estimate of drug-likeness (QED) is 0.174. The molecule has 0 aliphatic carbocycles. The highest BCUT2D eigenvalue weighted by Gasteiger charge is 2.23. The van der Waals surface area contributed by atoms with Crippen LogP contribution in [-0.4, -0.2) is 9.55 Å². The van der Waals surface area contributed by atoms with E-state index in [-0.39, 0.29) is 0 Å². The van der Waals surface area contributed by atoms with Crippen molar-refractivity contribution in [3.05, 3.63) is 188 Å². The molecule has 11 aromatic rings. The Bertz CT molecular complexity index is 3160. The first-order valence-electron chi connectivity index (χ1n) is 18.1. The number of benzene rings is 8. The van der Waals surface area contributed by atoms with Gasteiger partial charge in [0.05, 0.1) is 22.1 Å². The highest BCUT2D eigenvalue weighted by Crippen LogP contribution is 2.46. The molecule has 3 heterocycles. The molecule has 254 valence electrons. The second-order valence-electron chi connectivity index (χ2n) is 13.6. The standard InChI is InChI=1S/C49H31N3O2/c1-4-14-32(15-5-1)34-18-12-21-36(30-34)51(42-24-13-25-43-46(42)38-22-10-11-23-41(38)52(43)35-19-8-3-9-20-35)37-26-28-44-39(31-37)47-45(53-44)29-27-40-48(47)54-49(50-40)33-16-6-2-7-17-33/h1-31H. The first-order chi connectivity index (χ1) is 26.8. The first-order valence-corrected chi connectivity index (χ1v) is 18.1. The largest absolute Gasteiger partial charge is 0.456 e. The Balaban J connectivity index is 1.19. The van der Waals surface area contributed by atoms with E-state index in [4.69, 9.17) is 13.8 Å². The molecular weight excluding hydrogens is 663 g/mol. The Morgan fingerprint density at radius 3 is 1.94 bits per heavy atom. The van der Waals surface area contributed by atoms with E-state index in [0.717, 1.165) is 77.9 Å². The number of hydrogen-bond donors (Lipinski definition) is 0. The summed E-state index contributed by atoms with van der Waals surface area (Å²) in [5.41, 5.74) is 12.8. The summed E-state index contributed by atoms with van der Waals surface area (Å²) in [6.45, 7) is 0. The summed E-state index contributed by atoms with van der Waals surface area (Å²) in [6.07, 6.45) is 0. The van der Waals surface area contributed by atoms with Gasteiger partial charge < -0.3 is 18.3 Å². The molecule has 0 bridgehead atoms. The van der Waals surface area contributed by atoms with E-state index in [1.165, 1.54) is 10.8 Å². The van der Waals surface area contributed by atoms with Gasteiger partial charge in [0.1, 0.15) is 16.7 Å². The van der Waals surface area contributed by atoms with Crippen molar-refractivity contribution in [3.63, 3.8) is 0 Å². The van der Waals surface area contributed by atoms with Gasteiger partial charge in [0.15, 0.2) is 5.58 Å². The SMILES string of the molecule is c1ccc(-c2cccc(N(c3ccc4oc5ccc6nc(-c7ccccc7)oc6c5c4c3)c3cccc4c3c3ccccc3n4-c3ccccc3)c2)cc1. The van der Waals surface area contributed by atoms with Gasteiger partial charge in [-0.3, -0.25) is 0 Å². The van der Waals surface area contributed by atoms with Crippen molar-refractivity contribution in [1.82, 2.24) is 9.55 Å². The zero-order chi connectivity index (χ0) is 35.6. The zero-order valence-electron chi connectivity index (χ0n) is 29.1. The molecule has 0 unspecified atom stereocenters. The van der Waals surface area contributed by atoms with Crippen LogP contribution in [0.5, 0.6) is 0 Å². The predicted molar refractivity (Wildman–Crippen MR) is 221 cm³/mol. The van der Waals surface area contributed by atoms with E-state index in [0.29, 0.717) is 11.5 Å². The average Bonchev–Trinajstić information content (AvgIpc) is 3.94. The summed E-state index contributed by atoms with van der Waals surface area (Å²) in [6, 6.07) is 65.7. The van der Waals surface area contributed by atoms with Crippen molar-refractivity contribution >= 4 is 71.9 Å². The van der Waals surface area contributed by atoms with Crippen LogP contribution >= 0.6 is 0 Å². The third kappa shape index (κ3) is 4.76. The summed E-state index contributed by atoms with van der Waals surface area (Å²) in [5, 5.41) is 4.23. The molecule has 8 aromatic carbocycles. The maximum atomic E-state index is 6.53. The molecule has 0 atom stereocenters. The van der Waals surface area contributed by atoms with Gasteiger partial charge in [0, 0.05) is 38.8 Å². The van der Waals surface area contributed by atoms with Gasteiger partial charge in [0.2, 0.25) is 5.89 Å². The molecule has 5 nitrogen and oxygen atoms in total. The highest BCUT2D eigenvalue weighted by atomic mass is 16.4. The van der Waals surface area contributed by atoms with Crippen molar-refractivity contribution < 1.29 is 8.83 Å². The molecule has 0 N–H and O–H groups in total. The second kappa shape index (κ2) is 12.1. The molecular formula is C49H31N3O2. The minimum atomic E-state index is 0.587. The normalized spacial score (nSPS) is 11.7. The van der Waals surface area contributed by atoms with Crippen molar-refractivity contribution in [1.29, 1.82) is 0 Å². The van der Waals surface area contributed by atoms with Crippen LogP contribution in [0.1, 0.15) is 0 Å². The zero-order valence-corrected chi connectivity index (χ0v) is 29.1. The lowest BCUT2D eigenvalue weighted by Crippen LogP contribution is -2.10. The third-order valence-corrected chi connectivity index (χ3v) is 10.4. The van der Waals surface area contributed by atoms with Gasteiger partial charge in [-0.15, -0.1) is 0 Å². The van der Waals surface area contributed by atoms with Gasteiger partial charge in [-0.1, -0.05) is 103 Å². The molecule has 0 spiro atoms. The van der Waals surface area contributed by atoms with E-state index >= 15 is 0 Å². The van der Waals surface area contributed by atoms with Crippen LogP contribution in [0.15, 0.2) is 197 Å².